The maximum Gasteiger partial charge on any atom is 0.135 e. The smallest absolute Gasteiger partial charge is 0.135 e. The average molecular weight is 313 g/mol. The normalized spacial score (nSPS) is 10.3. The lowest BCUT2D eigenvalue weighted by molar-refractivity contribution is 0.210. The Kier molecular flexibility index (Phi) is 5.40. The number of aromatic nitrogens is 2. The highest BCUT2D eigenvalue weighted by Crippen LogP contribution is 2.24. The van der Waals surface area contributed by atoms with E-state index in [1.165, 1.54) is 6.33 Å². The Morgan fingerprint density at radius 1 is 1.05 bits per heavy atom. The summed E-state index contributed by atoms with van der Waals surface area (Å²) in [4.78, 5) is 8.26. The molecule has 0 saturated carbocycles. The third kappa shape index (κ3) is 4.52. The number of rotatable bonds is 6. The van der Waals surface area contributed by atoms with E-state index in [0.717, 1.165) is 5.69 Å². The number of anilines is 3. The summed E-state index contributed by atoms with van der Waals surface area (Å²) >= 11 is 11.9. The largest absolute Gasteiger partial charge is 0.383 e. The molecule has 2 rings (SSSR count). The minimum Gasteiger partial charge on any atom is -0.383 e. The lowest BCUT2D eigenvalue weighted by Crippen LogP contribution is -2.09. The van der Waals surface area contributed by atoms with Gasteiger partial charge in [-0.1, -0.05) is 23.2 Å². The molecular formula is C13H14Cl2N4O. The van der Waals surface area contributed by atoms with E-state index in [2.05, 4.69) is 20.6 Å². The number of methoxy groups -OCH3 is 1. The van der Waals surface area contributed by atoms with Crippen LogP contribution in [0.25, 0.3) is 0 Å². The molecule has 0 unspecified atom stereocenters. The molecule has 20 heavy (non-hydrogen) atoms. The molecule has 1 heterocycles. The standard InChI is InChI=1S/C13H14Cl2N4O/c1-20-3-2-16-12-7-13(18-8-17-12)19-11-5-9(14)4-10(15)6-11/h4-8H,2-3H2,1H3,(H2,16,17,18,19). The predicted octanol–water partition coefficient (Wildman–Crippen LogP) is 3.59. The summed E-state index contributed by atoms with van der Waals surface area (Å²) in [5, 5.41) is 7.38. The van der Waals surface area contributed by atoms with Crippen LogP contribution in [0.5, 0.6) is 0 Å². The van der Waals surface area contributed by atoms with Crippen LogP contribution in [0.15, 0.2) is 30.6 Å². The molecule has 7 heteroatoms. The van der Waals surface area contributed by atoms with E-state index in [9.17, 15) is 0 Å². The summed E-state index contributed by atoms with van der Waals surface area (Å²) in [6, 6.07) is 7.01. The Bertz CT molecular complexity index is 560. The van der Waals surface area contributed by atoms with E-state index in [0.29, 0.717) is 34.8 Å². The van der Waals surface area contributed by atoms with Gasteiger partial charge < -0.3 is 15.4 Å². The van der Waals surface area contributed by atoms with E-state index < -0.39 is 0 Å². The fourth-order valence-electron chi connectivity index (χ4n) is 1.58. The SMILES string of the molecule is COCCNc1cc(Nc2cc(Cl)cc(Cl)c2)ncn1. The third-order valence-electron chi connectivity index (χ3n) is 2.41. The first kappa shape index (κ1) is 14.8. The van der Waals surface area contributed by atoms with Crippen molar-refractivity contribution < 1.29 is 4.74 Å². The predicted molar refractivity (Wildman–Crippen MR) is 82.1 cm³/mol. The molecule has 0 aliphatic rings. The fourth-order valence-corrected chi connectivity index (χ4v) is 2.10. The summed E-state index contributed by atoms with van der Waals surface area (Å²) in [6.07, 6.45) is 1.48. The van der Waals surface area contributed by atoms with Crippen LogP contribution in [0.4, 0.5) is 17.3 Å². The van der Waals surface area contributed by atoms with Gasteiger partial charge in [0, 0.05) is 35.5 Å². The van der Waals surface area contributed by atoms with Crippen molar-refractivity contribution >= 4 is 40.5 Å². The molecule has 2 N–H and O–H groups in total. The van der Waals surface area contributed by atoms with Gasteiger partial charge >= 0.3 is 0 Å². The van der Waals surface area contributed by atoms with E-state index >= 15 is 0 Å². The second-order valence-corrected chi connectivity index (χ2v) is 4.86. The molecule has 0 saturated heterocycles. The van der Waals surface area contributed by atoms with E-state index in [1.807, 2.05) is 0 Å². The van der Waals surface area contributed by atoms with Gasteiger partial charge in [-0.2, -0.15) is 0 Å². The average Bonchev–Trinajstić information content (AvgIpc) is 2.38. The van der Waals surface area contributed by atoms with Crippen molar-refractivity contribution in [2.75, 3.05) is 30.9 Å². The number of nitrogens with one attached hydrogen (secondary N) is 2. The first-order valence-electron chi connectivity index (χ1n) is 5.95. The van der Waals surface area contributed by atoms with Gasteiger partial charge in [-0.15, -0.1) is 0 Å². The van der Waals surface area contributed by atoms with E-state index in [4.69, 9.17) is 27.9 Å². The van der Waals surface area contributed by atoms with Crippen molar-refractivity contribution in [2.24, 2.45) is 0 Å². The second kappa shape index (κ2) is 7.28. The molecule has 0 spiro atoms. The topological polar surface area (TPSA) is 59.1 Å². The Morgan fingerprint density at radius 3 is 2.45 bits per heavy atom. The van der Waals surface area contributed by atoms with Gasteiger partial charge in [0.1, 0.15) is 18.0 Å². The number of hydrogen-bond donors (Lipinski definition) is 2. The number of hydrogen-bond acceptors (Lipinski definition) is 5. The summed E-state index contributed by atoms with van der Waals surface area (Å²) in [5.74, 6) is 1.37. The van der Waals surface area contributed by atoms with Crippen LogP contribution in [0, 0.1) is 0 Å². The van der Waals surface area contributed by atoms with Crippen molar-refractivity contribution in [3.63, 3.8) is 0 Å². The van der Waals surface area contributed by atoms with Crippen LogP contribution in [0.1, 0.15) is 0 Å². The molecule has 0 radical (unpaired) electrons. The highest BCUT2D eigenvalue weighted by atomic mass is 35.5. The number of benzene rings is 1. The van der Waals surface area contributed by atoms with Gasteiger partial charge in [0.2, 0.25) is 0 Å². The van der Waals surface area contributed by atoms with Crippen LogP contribution < -0.4 is 10.6 Å². The molecule has 1 aromatic carbocycles. The monoisotopic (exact) mass is 312 g/mol. The van der Waals surface area contributed by atoms with Gasteiger partial charge in [0.25, 0.3) is 0 Å². The molecule has 2 aromatic rings. The summed E-state index contributed by atoms with van der Waals surface area (Å²) in [5.41, 5.74) is 0.768. The minimum atomic E-state index is 0.562. The Labute approximate surface area is 127 Å². The number of ether oxygens (including phenoxy) is 1. The highest BCUT2D eigenvalue weighted by molar-refractivity contribution is 6.35. The van der Waals surface area contributed by atoms with Crippen molar-refractivity contribution in [3.8, 4) is 0 Å². The molecule has 0 aliphatic heterocycles. The van der Waals surface area contributed by atoms with Crippen molar-refractivity contribution in [1.29, 1.82) is 0 Å². The minimum absolute atomic E-state index is 0.562. The van der Waals surface area contributed by atoms with Gasteiger partial charge in [-0.05, 0) is 18.2 Å². The zero-order valence-corrected chi connectivity index (χ0v) is 12.4. The van der Waals surface area contributed by atoms with Crippen molar-refractivity contribution in [3.05, 3.63) is 40.6 Å². The van der Waals surface area contributed by atoms with Gasteiger partial charge in [0.05, 0.1) is 6.61 Å². The first-order chi connectivity index (χ1) is 9.67. The second-order valence-electron chi connectivity index (χ2n) is 3.99. The quantitative estimate of drug-likeness (QED) is 0.798. The summed E-state index contributed by atoms with van der Waals surface area (Å²) in [6.45, 7) is 1.28. The molecule has 0 atom stereocenters. The first-order valence-corrected chi connectivity index (χ1v) is 6.71. The summed E-state index contributed by atoms with van der Waals surface area (Å²) in [7, 11) is 1.65. The Hall–Kier alpha value is -1.56. The van der Waals surface area contributed by atoms with Gasteiger partial charge in [0.15, 0.2) is 0 Å². The molecule has 0 bridgehead atoms. The molecular weight excluding hydrogens is 299 g/mol. The van der Waals surface area contributed by atoms with Crippen LogP contribution in [0.3, 0.4) is 0 Å². The number of halogens is 2. The van der Waals surface area contributed by atoms with Crippen LogP contribution >= 0.6 is 23.2 Å². The van der Waals surface area contributed by atoms with Crippen LogP contribution in [-0.4, -0.2) is 30.2 Å². The van der Waals surface area contributed by atoms with Crippen LogP contribution in [-0.2, 0) is 4.74 Å². The number of nitrogens with zero attached hydrogens (tertiary/aromatic N) is 2. The summed E-state index contributed by atoms with van der Waals surface area (Å²) < 4.78 is 4.96. The van der Waals surface area contributed by atoms with Crippen LogP contribution in [0.2, 0.25) is 10.0 Å². The van der Waals surface area contributed by atoms with Crippen molar-refractivity contribution in [1.82, 2.24) is 9.97 Å². The lowest BCUT2D eigenvalue weighted by Gasteiger charge is -2.09. The van der Waals surface area contributed by atoms with E-state index in [-0.39, 0.29) is 0 Å². The maximum atomic E-state index is 5.95. The molecule has 0 aliphatic carbocycles. The maximum absolute atomic E-state index is 5.95. The molecule has 106 valence electrons. The molecule has 1 aromatic heterocycles. The lowest BCUT2D eigenvalue weighted by atomic mass is 10.3. The Morgan fingerprint density at radius 2 is 1.75 bits per heavy atom. The molecule has 0 amide bonds. The van der Waals surface area contributed by atoms with Gasteiger partial charge in [-0.3, -0.25) is 0 Å². The fraction of sp³-hybridized carbons (Fsp3) is 0.231. The third-order valence-corrected chi connectivity index (χ3v) is 2.85. The van der Waals surface area contributed by atoms with Gasteiger partial charge in [-0.25, -0.2) is 9.97 Å². The van der Waals surface area contributed by atoms with E-state index in [1.54, 1.807) is 31.4 Å². The Balaban J connectivity index is 2.07. The molecule has 5 nitrogen and oxygen atoms in total. The zero-order valence-electron chi connectivity index (χ0n) is 10.9. The zero-order chi connectivity index (χ0) is 14.4. The van der Waals surface area contributed by atoms with Crippen molar-refractivity contribution in [2.45, 2.75) is 0 Å². The highest BCUT2D eigenvalue weighted by Gasteiger charge is 2.02. The molecule has 0 fully saturated rings.